The van der Waals surface area contributed by atoms with Crippen molar-refractivity contribution in [2.75, 3.05) is 33.2 Å². The first-order valence-corrected chi connectivity index (χ1v) is 8.13. The third-order valence-electron chi connectivity index (χ3n) is 3.24. The fraction of sp³-hybridized carbons (Fsp3) is 0.500. The van der Waals surface area contributed by atoms with Crippen LogP contribution in [0.25, 0.3) is 0 Å². The van der Waals surface area contributed by atoms with Crippen LogP contribution in [-0.4, -0.2) is 47.6 Å². The molecule has 0 radical (unpaired) electrons. The minimum absolute atomic E-state index is 0.0156. The third-order valence-corrected chi connectivity index (χ3v) is 4.72. The lowest BCUT2D eigenvalue weighted by molar-refractivity contribution is -0.0875. The Kier molecular flexibility index (Phi) is 4.62. The highest BCUT2D eigenvalue weighted by Gasteiger charge is 2.39. The number of carbonyl (C=O) groups excluding carboxylic acids is 1. The van der Waals surface area contributed by atoms with Crippen molar-refractivity contribution in [3.05, 3.63) is 23.8 Å². The summed E-state index contributed by atoms with van der Waals surface area (Å²) in [5.74, 6) is -0.630. The number of hydrogen-bond acceptors (Lipinski definition) is 7. The molecule has 1 aliphatic rings. The second-order valence-electron chi connectivity index (χ2n) is 5.44. The lowest BCUT2D eigenvalue weighted by atomic mass is 9.92. The lowest BCUT2D eigenvalue weighted by Gasteiger charge is -2.37. The summed E-state index contributed by atoms with van der Waals surface area (Å²) in [6, 6.07) is 4.25. The predicted octanol–water partition coefficient (Wildman–Crippen LogP) is 1.23. The molecule has 0 atom stereocenters. The van der Waals surface area contributed by atoms with Gasteiger partial charge in [0.25, 0.3) is 0 Å². The summed E-state index contributed by atoms with van der Waals surface area (Å²) in [5, 5.41) is 0. The van der Waals surface area contributed by atoms with E-state index in [1.165, 1.54) is 32.4 Å². The number of ether oxygens (including phenoxy) is 3. The molecule has 1 fully saturated rings. The standard InChI is InChI=1S/C14H18O7S/c1-14(7-20-8-14)9-22(16,17)21-12-6-10(18-2)4-5-11(12)13(15)19-3/h4-6H,7-9H2,1-3H3. The van der Waals surface area contributed by atoms with Crippen LogP contribution in [0, 0.1) is 5.41 Å². The van der Waals surface area contributed by atoms with Crippen molar-refractivity contribution in [2.45, 2.75) is 6.92 Å². The van der Waals surface area contributed by atoms with E-state index in [0.29, 0.717) is 19.0 Å². The molecule has 122 valence electrons. The van der Waals surface area contributed by atoms with E-state index in [1.54, 1.807) is 6.92 Å². The largest absolute Gasteiger partial charge is 0.497 e. The Morgan fingerprint density at radius 1 is 1.32 bits per heavy atom. The van der Waals surface area contributed by atoms with Gasteiger partial charge in [-0.25, -0.2) is 4.79 Å². The summed E-state index contributed by atoms with van der Waals surface area (Å²) in [6.07, 6.45) is 0. The fourth-order valence-corrected chi connectivity index (χ4v) is 3.59. The molecule has 1 aliphatic heterocycles. The van der Waals surface area contributed by atoms with Gasteiger partial charge in [0.2, 0.25) is 0 Å². The van der Waals surface area contributed by atoms with Crippen LogP contribution in [0.15, 0.2) is 18.2 Å². The van der Waals surface area contributed by atoms with Crippen molar-refractivity contribution in [3.63, 3.8) is 0 Å². The van der Waals surface area contributed by atoms with E-state index in [0.717, 1.165) is 0 Å². The molecule has 1 saturated heterocycles. The van der Waals surface area contributed by atoms with Gasteiger partial charge in [-0.2, -0.15) is 8.42 Å². The van der Waals surface area contributed by atoms with E-state index >= 15 is 0 Å². The van der Waals surface area contributed by atoms with Gasteiger partial charge in [-0.05, 0) is 12.1 Å². The van der Waals surface area contributed by atoms with Crippen LogP contribution >= 0.6 is 0 Å². The highest BCUT2D eigenvalue weighted by Crippen LogP contribution is 2.31. The van der Waals surface area contributed by atoms with E-state index in [9.17, 15) is 13.2 Å². The van der Waals surface area contributed by atoms with Crippen LogP contribution in [0.5, 0.6) is 11.5 Å². The van der Waals surface area contributed by atoms with Crippen molar-refractivity contribution in [1.29, 1.82) is 0 Å². The molecule has 0 spiro atoms. The van der Waals surface area contributed by atoms with E-state index in [-0.39, 0.29) is 17.1 Å². The highest BCUT2D eigenvalue weighted by molar-refractivity contribution is 7.87. The van der Waals surface area contributed by atoms with Gasteiger partial charge in [0, 0.05) is 11.5 Å². The maximum atomic E-state index is 12.2. The van der Waals surface area contributed by atoms with E-state index in [1.807, 2.05) is 0 Å². The van der Waals surface area contributed by atoms with Crippen molar-refractivity contribution < 1.29 is 31.6 Å². The monoisotopic (exact) mass is 330 g/mol. The summed E-state index contributed by atoms with van der Waals surface area (Å²) in [7, 11) is -1.25. The van der Waals surface area contributed by atoms with E-state index in [2.05, 4.69) is 4.74 Å². The second kappa shape index (κ2) is 6.13. The number of benzene rings is 1. The Labute approximate surface area is 129 Å². The highest BCUT2D eigenvalue weighted by atomic mass is 32.2. The molecule has 22 heavy (non-hydrogen) atoms. The van der Waals surface area contributed by atoms with Gasteiger partial charge >= 0.3 is 16.1 Å². The van der Waals surface area contributed by atoms with Crippen LogP contribution in [0.1, 0.15) is 17.3 Å². The Bertz CT molecular complexity index is 662. The molecule has 0 saturated carbocycles. The first-order valence-electron chi connectivity index (χ1n) is 6.55. The molecular weight excluding hydrogens is 312 g/mol. The molecule has 0 aliphatic carbocycles. The molecule has 2 rings (SSSR count). The normalized spacial score (nSPS) is 16.5. The molecule has 7 nitrogen and oxygen atoms in total. The molecule has 1 aromatic rings. The van der Waals surface area contributed by atoms with Crippen molar-refractivity contribution in [3.8, 4) is 11.5 Å². The van der Waals surface area contributed by atoms with Gasteiger partial charge in [-0.1, -0.05) is 6.92 Å². The summed E-state index contributed by atoms with van der Waals surface area (Å²) in [5.41, 5.74) is -0.453. The molecule has 0 unspecified atom stereocenters. The molecule has 0 N–H and O–H groups in total. The Morgan fingerprint density at radius 3 is 2.50 bits per heavy atom. The molecule has 1 heterocycles. The van der Waals surface area contributed by atoms with Gasteiger partial charge in [0.05, 0.1) is 33.2 Å². The molecular formula is C14H18O7S. The quantitative estimate of drug-likeness (QED) is 0.572. The van der Waals surface area contributed by atoms with Crippen LogP contribution in [0.4, 0.5) is 0 Å². The minimum atomic E-state index is -3.89. The summed E-state index contributed by atoms with van der Waals surface area (Å²) < 4.78 is 44.2. The number of esters is 1. The third kappa shape index (κ3) is 3.69. The maximum absolute atomic E-state index is 12.2. The molecule has 1 aromatic carbocycles. The molecule has 8 heteroatoms. The molecule has 0 bridgehead atoms. The lowest BCUT2D eigenvalue weighted by Crippen LogP contribution is -2.45. The Hall–Kier alpha value is -1.80. The number of carbonyl (C=O) groups is 1. The fourth-order valence-electron chi connectivity index (χ4n) is 2.10. The first kappa shape index (κ1) is 16.6. The average molecular weight is 330 g/mol. The van der Waals surface area contributed by atoms with Crippen LogP contribution in [0.3, 0.4) is 0 Å². The van der Waals surface area contributed by atoms with Crippen LogP contribution < -0.4 is 8.92 Å². The van der Waals surface area contributed by atoms with E-state index < -0.39 is 21.5 Å². The number of methoxy groups -OCH3 is 2. The van der Waals surface area contributed by atoms with Crippen LogP contribution in [-0.2, 0) is 19.6 Å². The number of rotatable bonds is 6. The average Bonchev–Trinajstić information content (AvgIpc) is 2.43. The Balaban J connectivity index is 2.28. The van der Waals surface area contributed by atoms with Crippen molar-refractivity contribution in [1.82, 2.24) is 0 Å². The number of hydrogen-bond donors (Lipinski definition) is 0. The Morgan fingerprint density at radius 2 is 2.00 bits per heavy atom. The van der Waals surface area contributed by atoms with Gasteiger partial charge in [0.15, 0.2) is 5.75 Å². The zero-order valence-electron chi connectivity index (χ0n) is 12.6. The smallest absolute Gasteiger partial charge is 0.341 e. The predicted molar refractivity (Wildman–Crippen MR) is 77.7 cm³/mol. The SMILES string of the molecule is COC(=O)c1ccc(OC)cc1OS(=O)(=O)CC1(C)COC1. The summed E-state index contributed by atoms with van der Waals surface area (Å²) in [6.45, 7) is 2.51. The maximum Gasteiger partial charge on any atom is 0.341 e. The molecule has 0 aromatic heterocycles. The van der Waals surface area contributed by atoms with Crippen molar-refractivity contribution in [2.24, 2.45) is 5.41 Å². The van der Waals surface area contributed by atoms with Crippen molar-refractivity contribution >= 4 is 16.1 Å². The molecule has 0 amide bonds. The van der Waals surface area contributed by atoms with E-state index in [4.69, 9.17) is 13.7 Å². The zero-order chi connectivity index (χ0) is 16.4. The van der Waals surface area contributed by atoms with Gasteiger partial charge in [-0.3, -0.25) is 0 Å². The van der Waals surface area contributed by atoms with Gasteiger partial charge in [-0.15, -0.1) is 0 Å². The summed E-state index contributed by atoms with van der Waals surface area (Å²) in [4.78, 5) is 11.7. The first-order chi connectivity index (χ1) is 10.3. The topological polar surface area (TPSA) is 88.1 Å². The van der Waals surface area contributed by atoms with Crippen LogP contribution in [0.2, 0.25) is 0 Å². The zero-order valence-corrected chi connectivity index (χ0v) is 13.4. The van der Waals surface area contributed by atoms with Gasteiger partial charge < -0.3 is 18.4 Å². The minimum Gasteiger partial charge on any atom is -0.497 e. The summed E-state index contributed by atoms with van der Waals surface area (Å²) >= 11 is 0. The second-order valence-corrected chi connectivity index (χ2v) is 7.01. The van der Waals surface area contributed by atoms with Gasteiger partial charge in [0.1, 0.15) is 11.3 Å².